The second-order valence-electron chi connectivity index (χ2n) is 3.31. The number of rotatable bonds is 4. The van der Waals surface area contributed by atoms with E-state index in [0.717, 1.165) is 11.1 Å². The molecule has 0 amide bonds. The number of aliphatic hydroxyl groups excluding tert-OH is 1. The molecule has 1 rings (SSSR count). The van der Waals surface area contributed by atoms with Crippen molar-refractivity contribution in [2.75, 3.05) is 7.11 Å². The Kier molecular flexibility index (Phi) is 4.27. The van der Waals surface area contributed by atoms with Crippen LogP contribution < -0.4 is 5.73 Å². The molecule has 0 aliphatic heterocycles. The van der Waals surface area contributed by atoms with E-state index in [1.54, 1.807) is 12.1 Å². The zero-order valence-corrected chi connectivity index (χ0v) is 8.64. The van der Waals surface area contributed by atoms with Crippen molar-refractivity contribution in [2.45, 2.75) is 19.1 Å². The molecule has 82 valence electrons. The van der Waals surface area contributed by atoms with Crippen molar-refractivity contribution in [2.24, 2.45) is 5.73 Å². The summed E-state index contributed by atoms with van der Waals surface area (Å²) in [5.41, 5.74) is 7.39. The average Bonchev–Trinajstić information content (AvgIpc) is 2.29. The number of hydrogen-bond donors (Lipinski definition) is 2. The molecule has 4 heteroatoms. The standard InChI is InChI=1S/C11H15NO3/c1-15-11(14)10(12)6-8-2-4-9(7-13)5-3-8/h2-5,10,13H,6-7,12H2,1H3/t10-/m0/s1. The maximum Gasteiger partial charge on any atom is 0.322 e. The fourth-order valence-corrected chi connectivity index (χ4v) is 1.27. The monoisotopic (exact) mass is 209 g/mol. The van der Waals surface area contributed by atoms with E-state index in [4.69, 9.17) is 10.8 Å². The maximum atomic E-state index is 11.1. The molecule has 0 saturated carbocycles. The number of hydrogen-bond acceptors (Lipinski definition) is 4. The summed E-state index contributed by atoms with van der Waals surface area (Å²) < 4.78 is 4.53. The molecule has 1 aromatic carbocycles. The fourth-order valence-electron chi connectivity index (χ4n) is 1.27. The van der Waals surface area contributed by atoms with Crippen molar-refractivity contribution < 1.29 is 14.6 Å². The van der Waals surface area contributed by atoms with Crippen LogP contribution in [0, 0.1) is 0 Å². The van der Waals surface area contributed by atoms with E-state index < -0.39 is 12.0 Å². The summed E-state index contributed by atoms with van der Waals surface area (Å²) in [5, 5.41) is 8.84. The molecule has 0 bridgehead atoms. The van der Waals surface area contributed by atoms with Gasteiger partial charge in [-0.1, -0.05) is 24.3 Å². The zero-order valence-electron chi connectivity index (χ0n) is 8.64. The van der Waals surface area contributed by atoms with Crippen LogP contribution in [0.2, 0.25) is 0 Å². The van der Waals surface area contributed by atoms with Crippen LogP contribution in [0.25, 0.3) is 0 Å². The van der Waals surface area contributed by atoms with Crippen molar-refractivity contribution in [3.8, 4) is 0 Å². The van der Waals surface area contributed by atoms with Gasteiger partial charge in [0.15, 0.2) is 0 Å². The normalized spacial score (nSPS) is 12.2. The summed E-state index contributed by atoms with van der Waals surface area (Å²) >= 11 is 0. The van der Waals surface area contributed by atoms with Crippen LogP contribution in [0.1, 0.15) is 11.1 Å². The molecule has 1 aromatic rings. The first kappa shape index (κ1) is 11.7. The number of carbonyl (C=O) groups is 1. The zero-order chi connectivity index (χ0) is 11.3. The van der Waals surface area contributed by atoms with E-state index in [0.29, 0.717) is 6.42 Å². The predicted molar refractivity (Wildman–Crippen MR) is 56.1 cm³/mol. The van der Waals surface area contributed by atoms with E-state index in [1.807, 2.05) is 12.1 Å². The number of ether oxygens (including phenoxy) is 1. The molecule has 0 radical (unpaired) electrons. The van der Waals surface area contributed by atoms with Gasteiger partial charge in [-0.3, -0.25) is 4.79 Å². The first-order chi connectivity index (χ1) is 7.17. The topological polar surface area (TPSA) is 72.5 Å². The van der Waals surface area contributed by atoms with Crippen LogP contribution in [-0.2, 0) is 22.6 Å². The molecule has 0 aliphatic carbocycles. The lowest BCUT2D eigenvalue weighted by Gasteiger charge is -2.09. The largest absolute Gasteiger partial charge is 0.468 e. The fraction of sp³-hybridized carbons (Fsp3) is 0.364. The average molecular weight is 209 g/mol. The Labute approximate surface area is 88.7 Å². The van der Waals surface area contributed by atoms with Gasteiger partial charge >= 0.3 is 5.97 Å². The highest BCUT2D eigenvalue weighted by Crippen LogP contribution is 2.06. The first-order valence-corrected chi connectivity index (χ1v) is 4.69. The lowest BCUT2D eigenvalue weighted by atomic mass is 10.1. The van der Waals surface area contributed by atoms with Gasteiger partial charge in [0.2, 0.25) is 0 Å². The molecule has 0 spiro atoms. The Hall–Kier alpha value is -1.39. The van der Waals surface area contributed by atoms with Crippen LogP contribution in [-0.4, -0.2) is 24.2 Å². The van der Waals surface area contributed by atoms with E-state index in [-0.39, 0.29) is 6.61 Å². The van der Waals surface area contributed by atoms with Gasteiger partial charge in [0.1, 0.15) is 6.04 Å². The van der Waals surface area contributed by atoms with Crippen LogP contribution in [0.3, 0.4) is 0 Å². The minimum atomic E-state index is -0.630. The Morgan fingerprint density at radius 1 is 1.40 bits per heavy atom. The molecule has 15 heavy (non-hydrogen) atoms. The van der Waals surface area contributed by atoms with Crippen LogP contribution in [0.4, 0.5) is 0 Å². The van der Waals surface area contributed by atoms with Crippen molar-refractivity contribution in [3.05, 3.63) is 35.4 Å². The lowest BCUT2D eigenvalue weighted by Crippen LogP contribution is -2.33. The molecule has 0 fully saturated rings. The molecule has 0 saturated heterocycles. The number of carbonyl (C=O) groups excluding carboxylic acids is 1. The highest BCUT2D eigenvalue weighted by atomic mass is 16.5. The van der Waals surface area contributed by atoms with Gasteiger partial charge < -0.3 is 15.6 Å². The van der Waals surface area contributed by atoms with E-state index >= 15 is 0 Å². The Morgan fingerprint density at radius 2 is 1.93 bits per heavy atom. The van der Waals surface area contributed by atoms with Gasteiger partial charge in [0, 0.05) is 0 Å². The second-order valence-corrected chi connectivity index (χ2v) is 3.31. The van der Waals surface area contributed by atoms with Gasteiger partial charge in [-0.25, -0.2) is 0 Å². The lowest BCUT2D eigenvalue weighted by molar-refractivity contribution is -0.142. The predicted octanol–water partition coefficient (Wildman–Crippen LogP) is 0.222. The smallest absolute Gasteiger partial charge is 0.322 e. The molecule has 0 heterocycles. The van der Waals surface area contributed by atoms with E-state index in [9.17, 15) is 4.79 Å². The van der Waals surface area contributed by atoms with Gasteiger partial charge in [-0.15, -0.1) is 0 Å². The van der Waals surface area contributed by atoms with Crippen LogP contribution in [0.5, 0.6) is 0 Å². The Balaban J connectivity index is 2.60. The number of methoxy groups -OCH3 is 1. The highest BCUT2D eigenvalue weighted by molar-refractivity contribution is 5.75. The highest BCUT2D eigenvalue weighted by Gasteiger charge is 2.13. The maximum absolute atomic E-state index is 11.1. The molecule has 1 atom stereocenters. The van der Waals surface area contributed by atoms with Crippen LogP contribution >= 0.6 is 0 Å². The number of esters is 1. The van der Waals surface area contributed by atoms with Gasteiger partial charge in [0.25, 0.3) is 0 Å². The number of aliphatic hydroxyl groups is 1. The Bertz CT molecular complexity index is 321. The van der Waals surface area contributed by atoms with Gasteiger partial charge in [-0.2, -0.15) is 0 Å². The van der Waals surface area contributed by atoms with Crippen molar-refractivity contribution in [3.63, 3.8) is 0 Å². The summed E-state index contributed by atoms with van der Waals surface area (Å²) in [4.78, 5) is 11.1. The molecule has 3 N–H and O–H groups in total. The molecule has 0 unspecified atom stereocenters. The van der Waals surface area contributed by atoms with Crippen molar-refractivity contribution >= 4 is 5.97 Å². The van der Waals surface area contributed by atoms with E-state index in [1.165, 1.54) is 7.11 Å². The molecule has 4 nitrogen and oxygen atoms in total. The van der Waals surface area contributed by atoms with Gasteiger partial charge in [-0.05, 0) is 17.5 Å². The summed E-state index contributed by atoms with van der Waals surface area (Å²) in [6.07, 6.45) is 0.443. The third kappa shape index (κ3) is 3.34. The van der Waals surface area contributed by atoms with Crippen molar-refractivity contribution in [1.82, 2.24) is 0 Å². The Morgan fingerprint density at radius 3 is 2.40 bits per heavy atom. The summed E-state index contributed by atoms with van der Waals surface area (Å²) in [5.74, 6) is -0.416. The number of nitrogens with two attached hydrogens (primary N) is 1. The summed E-state index contributed by atoms with van der Waals surface area (Å²) in [6.45, 7) is 0.0172. The molecule has 0 aromatic heterocycles. The quantitative estimate of drug-likeness (QED) is 0.696. The molecule has 0 aliphatic rings. The van der Waals surface area contributed by atoms with Crippen molar-refractivity contribution in [1.29, 1.82) is 0 Å². The third-order valence-corrected chi connectivity index (χ3v) is 2.17. The second kappa shape index (κ2) is 5.48. The summed E-state index contributed by atoms with van der Waals surface area (Å²) in [7, 11) is 1.32. The summed E-state index contributed by atoms with van der Waals surface area (Å²) in [6, 6.07) is 6.66. The number of benzene rings is 1. The molecular formula is C11H15NO3. The van der Waals surface area contributed by atoms with Crippen LogP contribution in [0.15, 0.2) is 24.3 Å². The minimum Gasteiger partial charge on any atom is -0.468 e. The molecular weight excluding hydrogens is 194 g/mol. The first-order valence-electron chi connectivity index (χ1n) is 4.69. The third-order valence-electron chi connectivity index (χ3n) is 2.17. The minimum absolute atomic E-state index is 0.0172. The van der Waals surface area contributed by atoms with E-state index in [2.05, 4.69) is 4.74 Å². The SMILES string of the molecule is COC(=O)[C@@H](N)Cc1ccc(CO)cc1. The van der Waals surface area contributed by atoms with Gasteiger partial charge in [0.05, 0.1) is 13.7 Å².